The van der Waals surface area contributed by atoms with Crippen LogP contribution in [0.5, 0.6) is 0 Å². The quantitative estimate of drug-likeness (QED) is 0.512. The molecule has 0 unspecified atom stereocenters. The molecule has 2 N–H and O–H groups in total. The van der Waals surface area contributed by atoms with Gasteiger partial charge in [0.25, 0.3) is 0 Å². The highest BCUT2D eigenvalue weighted by Gasteiger charge is 2.09. The van der Waals surface area contributed by atoms with E-state index in [4.69, 9.17) is 0 Å². The Labute approximate surface area is 105 Å². The number of hydrogen-bond acceptors (Lipinski definition) is 3. The number of sulfonamides is 1. The predicted octanol–water partition coefficient (Wildman–Crippen LogP) is 1.41. The summed E-state index contributed by atoms with van der Waals surface area (Å²) < 4.78 is 25.8. The van der Waals surface area contributed by atoms with Crippen LogP contribution >= 0.6 is 0 Å². The van der Waals surface area contributed by atoms with Crippen LogP contribution in [0.25, 0.3) is 0 Å². The maximum atomic E-state index is 11.6. The summed E-state index contributed by atoms with van der Waals surface area (Å²) in [7, 11) is -3.09. The van der Waals surface area contributed by atoms with Gasteiger partial charge in [-0.1, -0.05) is 18.6 Å². The van der Waals surface area contributed by atoms with Crippen molar-refractivity contribution in [2.24, 2.45) is 0 Å². The van der Waals surface area contributed by atoms with Gasteiger partial charge in [-0.15, -0.1) is 0 Å². The maximum absolute atomic E-state index is 11.6. The number of nitrogens with one attached hydrogen (secondary N) is 2. The Morgan fingerprint density at radius 2 is 2.12 bits per heavy atom. The molecule has 100 valence electrons. The van der Waals surface area contributed by atoms with Crippen LogP contribution in [0.2, 0.25) is 0 Å². The van der Waals surface area contributed by atoms with E-state index < -0.39 is 10.0 Å². The Morgan fingerprint density at radius 3 is 2.76 bits per heavy atom. The van der Waals surface area contributed by atoms with Gasteiger partial charge in [0.15, 0.2) is 0 Å². The SMILES string of the molecule is CCNCCS(=O)(=O)NCCC1=CCCCC1. The van der Waals surface area contributed by atoms with Gasteiger partial charge in [0.1, 0.15) is 0 Å². The third kappa shape index (κ3) is 6.81. The van der Waals surface area contributed by atoms with E-state index in [1.807, 2.05) is 6.92 Å². The molecule has 0 spiro atoms. The molecule has 0 aliphatic heterocycles. The monoisotopic (exact) mass is 260 g/mol. The molecule has 0 heterocycles. The van der Waals surface area contributed by atoms with Crippen molar-refractivity contribution in [2.75, 3.05) is 25.4 Å². The first-order valence-electron chi connectivity index (χ1n) is 6.50. The van der Waals surface area contributed by atoms with Crippen LogP contribution < -0.4 is 10.0 Å². The molecule has 1 aliphatic carbocycles. The Hall–Kier alpha value is -0.390. The van der Waals surface area contributed by atoms with Gasteiger partial charge in [-0.3, -0.25) is 0 Å². The molecule has 17 heavy (non-hydrogen) atoms. The second kappa shape index (κ2) is 7.84. The summed E-state index contributed by atoms with van der Waals surface area (Å²) in [5, 5.41) is 3.01. The summed E-state index contributed by atoms with van der Waals surface area (Å²) in [5.74, 6) is 0.167. The van der Waals surface area contributed by atoms with Gasteiger partial charge in [-0.25, -0.2) is 13.1 Å². The smallest absolute Gasteiger partial charge is 0.212 e. The number of hydrogen-bond donors (Lipinski definition) is 2. The highest BCUT2D eigenvalue weighted by atomic mass is 32.2. The van der Waals surface area contributed by atoms with Crippen molar-refractivity contribution in [3.05, 3.63) is 11.6 Å². The second-order valence-corrected chi connectivity index (χ2v) is 6.35. The van der Waals surface area contributed by atoms with E-state index in [0.29, 0.717) is 13.1 Å². The van der Waals surface area contributed by atoms with E-state index >= 15 is 0 Å². The molecule has 4 nitrogen and oxygen atoms in total. The summed E-state index contributed by atoms with van der Waals surface area (Å²) in [6, 6.07) is 0. The summed E-state index contributed by atoms with van der Waals surface area (Å²) in [6.07, 6.45) is 7.94. The zero-order valence-corrected chi connectivity index (χ0v) is 11.5. The van der Waals surface area contributed by atoms with Crippen molar-refractivity contribution in [3.63, 3.8) is 0 Å². The molecule has 0 aromatic rings. The highest BCUT2D eigenvalue weighted by molar-refractivity contribution is 7.89. The molecule has 0 saturated heterocycles. The minimum absolute atomic E-state index is 0.167. The van der Waals surface area contributed by atoms with Gasteiger partial charge >= 0.3 is 0 Å². The van der Waals surface area contributed by atoms with Crippen molar-refractivity contribution in [2.45, 2.75) is 39.0 Å². The first kappa shape index (κ1) is 14.7. The van der Waals surface area contributed by atoms with E-state index in [1.165, 1.54) is 18.4 Å². The van der Waals surface area contributed by atoms with Gasteiger partial charge in [-0.05, 0) is 38.6 Å². The molecule has 0 atom stereocenters. The lowest BCUT2D eigenvalue weighted by Crippen LogP contribution is -2.32. The molecule has 0 bridgehead atoms. The number of allylic oxidation sites excluding steroid dienone is 1. The Morgan fingerprint density at radius 1 is 1.29 bits per heavy atom. The first-order chi connectivity index (χ1) is 8.14. The average molecular weight is 260 g/mol. The average Bonchev–Trinajstić information content (AvgIpc) is 2.30. The molecular formula is C12H24N2O2S. The molecule has 0 aromatic carbocycles. The van der Waals surface area contributed by atoms with Crippen LogP contribution in [0.3, 0.4) is 0 Å². The summed E-state index contributed by atoms with van der Waals surface area (Å²) in [4.78, 5) is 0. The lowest BCUT2D eigenvalue weighted by molar-refractivity contribution is 0.575. The van der Waals surface area contributed by atoms with E-state index in [1.54, 1.807) is 0 Å². The molecule has 1 aliphatic rings. The van der Waals surface area contributed by atoms with Crippen LogP contribution in [-0.2, 0) is 10.0 Å². The van der Waals surface area contributed by atoms with Gasteiger partial charge < -0.3 is 5.32 Å². The fraction of sp³-hybridized carbons (Fsp3) is 0.833. The van der Waals surface area contributed by atoms with E-state index in [0.717, 1.165) is 25.8 Å². The maximum Gasteiger partial charge on any atom is 0.212 e. The second-order valence-electron chi connectivity index (χ2n) is 4.42. The Balaban J connectivity index is 2.18. The fourth-order valence-electron chi connectivity index (χ4n) is 1.95. The van der Waals surface area contributed by atoms with Gasteiger partial charge in [0.2, 0.25) is 10.0 Å². The normalized spacial score (nSPS) is 16.9. The molecule has 5 heteroatoms. The largest absolute Gasteiger partial charge is 0.316 e. The van der Waals surface area contributed by atoms with Gasteiger partial charge in [0.05, 0.1) is 5.75 Å². The van der Waals surface area contributed by atoms with E-state index in [-0.39, 0.29) is 5.75 Å². The van der Waals surface area contributed by atoms with Crippen LogP contribution in [0.1, 0.15) is 39.0 Å². The van der Waals surface area contributed by atoms with Crippen molar-refractivity contribution in [1.82, 2.24) is 10.0 Å². The standard InChI is InChI=1S/C12H24N2O2S/c1-2-13-10-11-17(15,16)14-9-8-12-6-4-3-5-7-12/h6,13-14H,2-5,7-11H2,1H3. The summed E-state index contributed by atoms with van der Waals surface area (Å²) in [6.45, 7) is 3.84. The summed E-state index contributed by atoms with van der Waals surface area (Å²) in [5.41, 5.74) is 1.41. The van der Waals surface area contributed by atoms with Crippen LogP contribution in [0.15, 0.2) is 11.6 Å². The molecule has 0 aromatic heterocycles. The molecular weight excluding hydrogens is 236 g/mol. The third-order valence-electron chi connectivity index (χ3n) is 2.95. The van der Waals surface area contributed by atoms with Crippen molar-refractivity contribution >= 4 is 10.0 Å². The zero-order chi connectivity index (χ0) is 12.6. The molecule has 0 radical (unpaired) electrons. The summed E-state index contributed by atoms with van der Waals surface area (Å²) >= 11 is 0. The zero-order valence-electron chi connectivity index (χ0n) is 10.7. The predicted molar refractivity (Wildman–Crippen MR) is 71.5 cm³/mol. The van der Waals surface area contributed by atoms with Crippen LogP contribution in [0.4, 0.5) is 0 Å². The van der Waals surface area contributed by atoms with E-state index in [9.17, 15) is 8.42 Å². The van der Waals surface area contributed by atoms with Crippen LogP contribution in [-0.4, -0.2) is 33.8 Å². The van der Waals surface area contributed by atoms with E-state index in [2.05, 4.69) is 16.1 Å². The van der Waals surface area contributed by atoms with Gasteiger partial charge in [0, 0.05) is 13.1 Å². The molecule has 1 rings (SSSR count). The van der Waals surface area contributed by atoms with Crippen molar-refractivity contribution in [1.29, 1.82) is 0 Å². The first-order valence-corrected chi connectivity index (χ1v) is 8.15. The lowest BCUT2D eigenvalue weighted by Gasteiger charge is -2.13. The molecule has 0 amide bonds. The van der Waals surface area contributed by atoms with Gasteiger partial charge in [-0.2, -0.15) is 0 Å². The number of rotatable bonds is 8. The van der Waals surface area contributed by atoms with Crippen molar-refractivity contribution in [3.8, 4) is 0 Å². The third-order valence-corrected chi connectivity index (χ3v) is 4.34. The molecule has 0 fully saturated rings. The Kier molecular flexibility index (Phi) is 6.77. The lowest BCUT2D eigenvalue weighted by atomic mass is 9.97. The van der Waals surface area contributed by atoms with Crippen LogP contribution in [0, 0.1) is 0 Å². The minimum atomic E-state index is -3.09. The fourth-order valence-corrected chi connectivity index (χ4v) is 2.92. The van der Waals surface area contributed by atoms with Crippen molar-refractivity contribution < 1.29 is 8.42 Å². The highest BCUT2D eigenvalue weighted by Crippen LogP contribution is 2.19. The molecule has 0 saturated carbocycles. The minimum Gasteiger partial charge on any atom is -0.316 e. The topological polar surface area (TPSA) is 58.2 Å². The Bertz CT molecular complexity index is 336.